The van der Waals surface area contributed by atoms with Crippen molar-refractivity contribution in [3.8, 4) is 11.1 Å². The number of hydrogen-bond donors (Lipinski definition) is 1. The number of fused-ring (bicyclic) bond motifs is 1. The lowest BCUT2D eigenvalue weighted by atomic mass is 9.85. The zero-order valence-corrected chi connectivity index (χ0v) is 16.7. The molecular formula is C24H23F3N2O. The van der Waals surface area contributed by atoms with E-state index in [9.17, 15) is 18.0 Å². The van der Waals surface area contributed by atoms with Crippen LogP contribution in [0.3, 0.4) is 0 Å². The fourth-order valence-corrected chi connectivity index (χ4v) is 3.84. The number of alkyl halides is 3. The highest BCUT2D eigenvalue weighted by Gasteiger charge is 2.30. The van der Waals surface area contributed by atoms with Gasteiger partial charge < -0.3 is 5.32 Å². The second-order valence-corrected chi connectivity index (χ2v) is 8.03. The first kappa shape index (κ1) is 20.5. The maximum Gasteiger partial charge on any atom is 0.416 e. The van der Waals surface area contributed by atoms with Gasteiger partial charge in [-0.1, -0.05) is 37.3 Å². The molecule has 1 saturated heterocycles. The fourth-order valence-electron chi connectivity index (χ4n) is 3.84. The molecule has 0 spiro atoms. The van der Waals surface area contributed by atoms with E-state index in [1.165, 1.54) is 12.1 Å². The van der Waals surface area contributed by atoms with Gasteiger partial charge in [0.2, 0.25) is 0 Å². The van der Waals surface area contributed by atoms with E-state index in [4.69, 9.17) is 0 Å². The molecule has 2 heterocycles. The third-order valence-corrected chi connectivity index (χ3v) is 6.00. The van der Waals surface area contributed by atoms with Crippen molar-refractivity contribution >= 4 is 16.7 Å². The minimum atomic E-state index is -4.36. The topological polar surface area (TPSA) is 42.0 Å². The summed E-state index contributed by atoms with van der Waals surface area (Å²) in [5, 5.41) is 4.06. The number of nitrogens with zero attached hydrogens (tertiary/aromatic N) is 1. The largest absolute Gasteiger partial charge is 0.416 e. The number of ketones is 1. The summed E-state index contributed by atoms with van der Waals surface area (Å²) in [6, 6.07) is 12.4. The Labute approximate surface area is 173 Å². The number of carbonyl (C=O) groups is 1. The van der Waals surface area contributed by atoms with Crippen molar-refractivity contribution in [2.24, 2.45) is 11.8 Å². The molecule has 0 saturated carbocycles. The molecule has 1 aliphatic heterocycles. The number of nitrogens with one attached hydrogen (secondary N) is 1. The number of pyridine rings is 1. The molecule has 1 aliphatic rings. The lowest BCUT2D eigenvalue weighted by Crippen LogP contribution is -2.45. The Morgan fingerprint density at radius 1 is 1.17 bits per heavy atom. The number of rotatable bonds is 6. The van der Waals surface area contributed by atoms with Crippen LogP contribution in [-0.2, 0) is 6.18 Å². The Morgan fingerprint density at radius 3 is 2.53 bits per heavy atom. The molecule has 1 aromatic heterocycles. The number of halogens is 3. The van der Waals surface area contributed by atoms with Crippen molar-refractivity contribution in [1.82, 2.24) is 10.3 Å². The molecule has 156 valence electrons. The fraction of sp³-hybridized carbons (Fsp3) is 0.333. The summed E-state index contributed by atoms with van der Waals surface area (Å²) in [5.74, 6) is 1.23. The Kier molecular flexibility index (Phi) is 5.60. The molecule has 2 aromatic carbocycles. The van der Waals surface area contributed by atoms with Gasteiger partial charge in [0, 0.05) is 29.1 Å². The van der Waals surface area contributed by atoms with Gasteiger partial charge in [0.15, 0.2) is 5.78 Å². The zero-order chi connectivity index (χ0) is 21.3. The van der Waals surface area contributed by atoms with Crippen LogP contribution in [0.1, 0.15) is 35.7 Å². The first-order chi connectivity index (χ1) is 14.3. The van der Waals surface area contributed by atoms with E-state index in [1.807, 2.05) is 24.3 Å². The Hall–Kier alpha value is -2.73. The summed E-state index contributed by atoms with van der Waals surface area (Å²) in [6.07, 6.45) is -1.44. The molecule has 1 atom stereocenters. The van der Waals surface area contributed by atoms with Gasteiger partial charge in [-0.2, -0.15) is 13.2 Å². The van der Waals surface area contributed by atoms with Crippen LogP contribution in [0.15, 0.2) is 54.7 Å². The third-order valence-electron chi connectivity index (χ3n) is 6.00. The van der Waals surface area contributed by atoms with Gasteiger partial charge in [0.1, 0.15) is 0 Å². The van der Waals surface area contributed by atoms with Crippen LogP contribution in [0.4, 0.5) is 13.2 Å². The predicted octanol–water partition coefficient (Wildman–Crippen LogP) is 5.74. The van der Waals surface area contributed by atoms with E-state index in [0.717, 1.165) is 42.6 Å². The summed E-state index contributed by atoms with van der Waals surface area (Å²) in [5.41, 5.74) is 1.96. The monoisotopic (exact) mass is 412 g/mol. The second-order valence-electron chi connectivity index (χ2n) is 8.03. The maximum absolute atomic E-state index is 12.8. The average Bonchev–Trinajstić information content (AvgIpc) is 2.69. The number of Topliss-reactive ketones (excluding diaryl/α,β-unsaturated/α-hetero) is 1. The number of para-hydroxylation sites is 1. The highest BCUT2D eigenvalue weighted by atomic mass is 19.4. The standard InChI is InChI=1S/C24H23F3N2O/c1-15(19-12-28-13-19)5-10-22(30)18-11-17-3-2-4-21(23(17)29-14-18)16-6-8-20(9-7-16)24(25,26)27/h2-4,6-9,11,14-15,19,28H,5,10,12-13H2,1H3/t15-/m0/s1. The molecule has 1 N–H and O–H groups in total. The zero-order valence-electron chi connectivity index (χ0n) is 16.7. The predicted molar refractivity (Wildman–Crippen MR) is 111 cm³/mol. The lowest BCUT2D eigenvalue weighted by molar-refractivity contribution is -0.137. The quantitative estimate of drug-likeness (QED) is 0.525. The van der Waals surface area contributed by atoms with E-state index >= 15 is 0 Å². The first-order valence-corrected chi connectivity index (χ1v) is 10.1. The van der Waals surface area contributed by atoms with E-state index < -0.39 is 11.7 Å². The molecular weight excluding hydrogens is 389 g/mol. The molecule has 3 nitrogen and oxygen atoms in total. The van der Waals surface area contributed by atoms with Crippen molar-refractivity contribution in [3.05, 3.63) is 65.9 Å². The second kappa shape index (κ2) is 8.19. The van der Waals surface area contributed by atoms with E-state index in [0.29, 0.717) is 34.9 Å². The maximum atomic E-state index is 12.8. The molecule has 0 bridgehead atoms. The van der Waals surface area contributed by atoms with Crippen molar-refractivity contribution in [1.29, 1.82) is 0 Å². The molecule has 0 aliphatic carbocycles. The number of hydrogen-bond acceptors (Lipinski definition) is 3. The molecule has 30 heavy (non-hydrogen) atoms. The van der Waals surface area contributed by atoms with Gasteiger partial charge in [-0.25, -0.2) is 0 Å². The Bertz CT molecular complexity index is 1060. The summed E-state index contributed by atoms with van der Waals surface area (Å²) in [6.45, 7) is 4.24. The van der Waals surface area contributed by atoms with E-state index in [1.54, 1.807) is 6.20 Å². The average molecular weight is 412 g/mol. The minimum absolute atomic E-state index is 0.0727. The Morgan fingerprint density at radius 2 is 1.90 bits per heavy atom. The molecule has 0 unspecified atom stereocenters. The van der Waals surface area contributed by atoms with E-state index in [2.05, 4.69) is 17.2 Å². The summed E-state index contributed by atoms with van der Waals surface area (Å²) in [4.78, 5) is 17.1. The molecule has 6 heteroatoms. The van der Waals surface area contributed by atoms with Crippen molar-refractivity contribution in [2.75, 3.05) is 13.1 Å². The normalized spacial score (nSPS) is 15.7. The van der Waals surface area contributed by atoms with Crippen LogP contribution in [0.2, 0.25) is 0 Å². The van der Waals surface area contributed by atoms with Crippen molar-refractivity contribution < 1.29 is 18.0 Å². The molecule has 4 rings (SSSR count). The van der Waals surface area contributed by atoms with Gasteiger partial charge in [0.05, 0.1) is 11.1 Å². The first-order valence-electron chi connectivity index (χ1n) is 10.1. The molecule has 0 amide bonds. The SMILES string of the molecule is C[C@@H](CCC(=O)c1cnc2c(-c3ccc(C(F)(F)F)cc3)cccc2c1)C1CNC1. The van der Waals surface area contributed by atoms with Crippen molar-refractivity contribution in [2.45, 2.75) is 25.9 Å². The minimum Gasteiger partial charge on any atom is -0.316 e. The van der Waals surface area contributed by atoms with Gasteiger partial charge in [-0.3, -0.25) is 9.78 Å². The summed E-state index contributed by atoms with van der Waals surface area (Å²) in [7, 11) is 0. The van der Waals surface area contributed by atoms with Gasteiger partial charge in [-0.05, 0) is 55.1 Å². The van der Waals surface area contributed by atoms with Crippen LogP contribution < -0.4 is 5.32 Å². The summed E-state index contributed by atoms with van der Waals surface area (Å²) < 4.78 is 38.5. The Balaban J connectivity index is 1.55. The van der Waals surface area contributed by atoms with Crippen LogP contribution >= 0.6 is 0 Å². The number of benzene rings is 2. The van der Waals surface area contributed by atoms with Gasteiger partial charge >= 0.3 is 6.18 Å². The third kappa shape index (κ3) is 4.24. The number of carbonyl (C=O) groups excluding carboxylic acids is 1. The van der Waals surface area contributed by atoms with Crippen LogP contribution in [0, 0.1) is 11.8 Å². The highest BCUT2D eigenvalue weighted by molar-refractivity contribution is 6.01. The van der Waals surface area contributed by atoms with Crippen LogP contribution in [-0.4, -0.2) is 23.9 Å². The van der Waals surface area contributed by atoms with E-state index in [-0.39, 0.29) is 5.78 Å². The van der Waals surface area contributed by atoms with Crippen LogP contribution in [0.25, 0.3) is 22.0 Å². The number of aromatic nitrogens is 1. The molecule has 0 radical (unpaired) electrons. The van der Waals surface area contributed by atoms with Crippen molar-refractivity contribution in [3.63, 3.8) is 0 Å². The lowest BCUT2D eigenvalue weighted by Gasteiger charge is -2.32. The van der Waals surface area contributed by atoms with Gasteiger partial charge in [-0.15, -0.1) is 0 Å². The highest BCUT2D eigenvalue weighted by Crippen LogP contribution is 2.33. The molecule has 3 aromatic rings. The molecule has 1 fully saturated rings. The van der Waals surface area contributed by atoms with Gasteiger partial charge in [0.25, 0.3) is 0 Å². The smallest absolute Gasteiger partial charge is 0.316 e. The summed E-state index contributed by atoms with van der Waals surface area (Å²) >= 11 is 0. The van der Waals surface area contributed by atoms with Crippen LogP contribution in [0.5, 0.6) is 0 Å².